The summed E-state index contributed by atoms with van der Waals surface area (Å²) in [5, 5.41) is 1.11. The Morgan fingerprint density at radius 2 is 1.91 bits per heavy atom. The first-order valence-electron chi connectivity index (χ1n) is 3.01. The minimum atomic E-state index is 0.552. The van der Waals surface area contributed by atoms with Gasteiger partial charge in [-0.1, -0.05) is 29.3 Å². The molecule has 0 spiro atoms. The van der Waals surface area contributed by atoms with Crippen molar-refractivity contribution in [2.45, 2.75) is 6.54 Å². The van der Waals surface area contributed by atoms with Crippen LogP contribution in [0.3, 0.4) is 0 Å². The van der Waals surface area contributed by atoms with Crippen molar-refractivity contribution in [3.05, 3.63) is 33.8 Å². The lowest BCUT2D eigenvalue weighted by atomic mass is 10.2. The van der Waals surface area contributed by atoms with Crippen LogP contribution in [0.1, 0.15) is 5.56 Å². The summed E-state index contributed by atoms with van der Waals surface area (Å²) >= 11 is 16.7. The number of nitrogens with one attached hydrogen (secondary N) is 1. The second-order valence-corrected chi connectivity index (χ2v) is 3.14. The van der Waals surface area contributed by atoms with E-state index in [0.717, 1.165) is 5.56 Å². The maximum atomic E-state index is 5.75. The first kappa shape index (κ1) is 9.14. The van der Waals surface area contributed by atoms with Gasteiger partial charge in [0.2, 0.25) is 0 Å². The molecule has 0 atom stereocenters. The quantitative estimate of drug-likeness (QED) is 0.739. The third kappa shape index (κ3) is 2.53. The predicted octanol–water partition coefficient (Wildman–Crippen LogP) is 3.24. The molecule has 0 radical (unpaired) electrons. The molecule has 60 valence electrons. The smallest absolute Gasteiger partial charge is 0.0595 e. The molecule has 0 fully saturated rings. The van der Waals surface area contributed by atoms with Gasteiger partial charge in [0.1, 0.15) is 0 Å². The first-order valence-corrected chi connectivity index (χ1v) is 4.15. The summed E-state index contributed by atoms with van der Waals surface area (Å²) in [5.74, 6) is 0. The summed E-state index contributed by atoms with van der Waals surface area (Å²) in [6, 6.07) is 5.39. The highest BCUT2D eigenvalue weighted by atomic mass is 35.5. The van der Waals surface area contributed by atoms with Gasteiger partial charge in [-0.2, -0.15) is 0 Å². The summed E-state index contributed by atoms with van der Waals surface area (Å²) in [5.41, 5.74) is 1.01. The van der Waals surface area contributed by atoms with E-state index in [2.05, 4.69) is 4.84 Å². The Labute approximate surface area is 80.4 Å². The van der Waals surface area contributed by atoms with Crippen molar-refractivity contribution >= 4 is 35.0 Å². The van der Waals surface area contributed by atoms with Gasteiger partial charge in [-0.15, -0.1) is 0 Å². The van der Waals surface area contributed by atoms with Crippen LogP contribution < -0.4 is 4.84 Å². The van der Waals surface area contributed by atoms with Crippen LogP contribution in [-0.2, 0) is 6.54 Å². The first-order chi connectivity index (χ1) is 5.24. The number of benzene rings is 1. The van der Waals surface area contributed by atoms with Crippen molar-refractivity contribution in [1.82, 2.24) is 4.84 Å². The second kappa shape index (κ2) is 4.17. The predicted molar refractivity (Wildman–Crippen MR) is 49.2 cm³/mol. The molecule has 0 aliphatic carbocycles. The van der Waals surface area contributed by atoms with Crippen molar-refractivity contribution in [2.24, 2.45) is 0 Å². The molecular weight excluding hydrogens is 204 g/mol. The maximum absolute atomic E-state index is 5.75. The Kier molecular flexibility index (Phi) is 3.46. The zero-order chi connectivity index (χ0) is 8.27. The Balaban J connectivity index is 2.86. The Morgan fingerprint density at radius 3 is 2.45 bits per heavy atom. The summed E-state index contributed by atoms with van der Waals surface area (Å²) in [4.78, 5) is 2.50. The third-order valence-electron chi connectivity index (χ3n) is 1.25. The molecular formula is C7H6Cl3N. The van der Waals surface area contributed by atoms with Gasteiger partial charge in [0.15, 0.2) is 0 Å². The molecule has 0 aromatic heterocycles. The van der Waals surface area contributed by atoms with Crippen molar-refractivity contribution in [1.29, 1.82) is 0 Å². The number of hydrogen-bond donors (Lipinski definition) is 1. The van der Waals surface area contributed by atoms with Crippen molar-refractivity contribution < 1.29 is 0 Å². The molecule has 0 bridgehead atoms. The van der Waals surface area contributed by atoms with E-state index in [1.165, 1.54) is 0 Å². The van der Waals surface area contributed by atoms with E-state index in [1.54, 1.807) is 12.1 Å². The lowest BCUT2D eigenvalue weighted by Crippen LogP contribution is -1.97. The second-order valence-electron chi connectivity index (χ2n) is 2.06. The molecule has 1 aromatic carbocycles. The van der Waals surface area contributed by atoms with Gasteiger partial charge >= 0.3 is 0 Å². The van der Waals surface area contributed by atoms with Crippen LogP contribution in [-0.4, -0.2) is 0 Å². The van der Waals surface area contributed by atoms with Gasteiger partial charge in [-0.3, -0.25) is 0 Å². The zero-order valence-corrected chi connectivity index (χ0v) is 7.84. The molecule has 4 heteroatoms. The topological polar surface area (TPSA) is 12.0 Å². The fraction of sp³-hybridized carbons (Fsp3) is 0.143. The standard InChI is InChI=1S/C7H6Cl3N/c8-6-2-1-5(4-11-10)3-7(6)9/h1-3,11H,4H2. The number of rotatable bonds is 2. The summed E-state index contributed by atoms with van der Waals surface area (Å²) < 4.78 is 0. The molecule has 0 heterocycles. The van der Waals surface area contributed by atoms with E-state index in [-0.39, 0.29) is 0 Å². The molecule has 0 amide bonds. The van der Waals surface area contributed by atoms with E-state index in [9.17, 15) is 0 Å². The SMILES string of the molecule is ClNCc1ccc(Cl)c(Cl)c1. The van der Waals surface area contributed by atoms with Crippen molar-refractivity contribution in [3.63, 3.8) is 0 Å². The van der Waals surface area contributed by atoms with Gasteiger partial charge in [-0.05, 0) is 29.5 Å². The molecule has 0 aliphatic heterocycles. The van der Waals surface area contributed by atoms with E-state index in [4.69, 9.17) is 35.0 Å². The number of halogens is 3. The zero-order valence-electron chi connectivity index (χ0n) is 5.57. The molecule has 1 rings (SSSR count). The lowest BCUT2D eigenvalue weighted by Gasteiger charge is -1.99. The minimum absolute atomic E-state index is 0.552. The molecule has 1 N–H and O–H groups in total. The Morgan fingerprint density at radius 1 is 1.18 bits per heavy atom. The van der Waals surface area contributed by atoms with Crippen LogP contribution in [0, 0.1) is 0 Å². The molecule has 1 nitrogen and oxygen atoms in total. The van der Waals surface area contributed by atoms with Crippen molar-refractivity contribution in [2.75, 3.05) is 0 Å². The minimum Gasteiger partial charge on any atom is -0.229 e. The fourth-order valence-electron chi connectivity index (χ4n) is 0.727. The normalized spacial score (nSPS) is 10.1. The number of hydrogen-bond acceptors (Lipinski definition) is 1. The summed E-state index contributed by atoms with van der Waals surface area (Å²) in [6.45, 7) is 0.582. The van der Waals surface area contributed by atoms with Crippen molar-refractivity contribution in [3.8, 4) is 0 Å². The maximum Gasteiger partial charge on any atom is 0.0595 e. The van der Waals surface area contributed by atoms with Crippen LogP contribution in [0.15, 0.2) is 18.2 Å². The van der Waals surface area contributed by atoms with Gasteiger partial charge in [0, 0.05) is 6.54 Å². The van der Waals surface area contributed by atoms with Crippen LogP contribution in [0.2, 0.25) is 10.0 Å². The fourth-order valence-corrected chi connectivity index (χ4v) is 1.20. The lowest BCUT2D eigenvalue weighted by molar-refractivity contribution is 0.964. The van der Waals surface area contributed by atoms with Gasteiger partial charge in [0.05, 0.1) is 10.0 Å². The molecule has 0 saturated carbocycles. The monoisotopic (exact) mass is 209 g/mol. The Bertz CT molecular complexity index is 249. The average Bonchev–Trinajstić information content (AvgIpc) is 1.98. The van der Waals surface area contributed by atoms with Crippen LogP contribution in [0.4, 0.5) is 0 Å². The molecule has 0 unspecified atom stereocenters. The highest BCUT2D eigenvalue weighted by Crippen LogP contribution is 2.22. The van der Waals surface area contributed by atoms with Crippen LogP contribution in [0.5, 0.6) is 0 Å². The average molecular weight is 210 g/mol. The van der Waals surface area contributed by atoms with E-state index >= 15 is 0 Å². The third-order valence-corrected chi connectivity index (χ3v) is 2.13. The summed E-state index contributed by atoms with van der Waals surface area (Å²) in [7, 11) is 0. The highest BCUT2D eigenvalue weighted by Gasteiger charge is 1.97. The van der Waals surface area contributed by atoms with Crippen LogP contribution in [0.25, 0.3) is 0 Å². The van der Waals surface area contributed by atoms with E-state index in [0.29, 0.717) is 16.6 Å². The van der Waals surface area contributed by atoms with Gasteiger partial charge < -0.3 is 0 Å². The van der Waals surface area contributed by atoms with E-state index < -0.39 is 0 Å². The molecule has 0 saturated heterocycles. The molecule has 11 heavy (non-hydrogen) atoms. The highest BCUT2D eigenvalue weighted by molar-refractivity contribution is 6.42. The molecule has 0 aliphatic rings. The van der Waals surface area contributed by atoms with Gasteiger partial charge in [0.25, 0.3) is 0 Å². The van der Waals surface area contributed by atoms with Gasteiger partial charge in [-0.25, -0.2) is 4.84 Å². The largest absolute Gasteiger partial charge is 0.229 e. The molecule has 1 aromatic rings. The van der Waals surface area contributed by atoms with Crippen LogP contribution >= 0.6 is 35.0 Å². The summed E-state index contributed by atoms with van der Waals surface area (Å²) in [6.07, 6.45) is 0. The Hall–Kier alpha value is 0.0500. The van der Waals surface area contributed by atoms with E-state index in [1.807, 2.05) is 6.07 Å².